The second kappa shape index (κ2) is 11.2. The molecule has 1 amide bonds. The van der Waals surface area contributed by atoms with Crippen LogP contribution in [0.25, 0.3) is 0 Å². The average Bonchev–Trinajstić information content (AvgIpc) is 2.75. The van der Waals surface area contributed by atoms with Crippen molar-refractivity contribution in [2.75, 3.05) is 26.1 Å². The third-order valence-corrected chi connectivity index (χ3v) is 3.66. The van der Waals surface area contributed by atoms with E-state index in [0.717, 1.165) is 6.21 Å². The van der Waals surface area contributed by atoms with Gasteiger partial charge in [-0.1, -0.05) is 17.3 Å². The lowest BCUT2D eigenvalue weighted by atomic mass is 10.1. The van der Waals surface area contributed by atoms with E-state index < -0.39 is 31.1 Å². The van der Waals surface area contributed by atoms with E-state index in [0.29, 0.717) is 0 Å². The van der Waals surface area contributed by atoms with Crippen LogP contribution in [-0.2, 0) is 19.1 Å². The molecule has 0 aromatic heterocycles. The molecule has 0 aliphatic rings. The Morgan fingerprint density at radius 2 is 1.65 bits per heavy atom. The van der Waals surface area contributed by atoms with Gasteiger partial charge in [-0.2, -0.15) is 8.78 Å². The van der Waals surface area contributed by atoms with Crippen LogP contribution < -0.4 is 10.1 Å². The summed E-state index contributed by atoms with van der Waals surface area (Å²) in [6, 6.07) is 9.75. The number of benzene rings is 2. The largest absolute Gasteiger partial charge is 0.465 e. The maximum absolute atomic E-state index is 12.4. The minimum Gasteiger partial charge on any atom is -0.465 e. The number of alkyl halides is 2. The highest BCUT2D eigenvalue weighted by molar-refractivity contribution is 5.99. The summed E-state index contributed by atoms with van der Waals surface area (Å²) >= 11 is 0. The molecular weight excluding hydrogens is 418 g/mol. The monoisotopic (exact) mass is 436 g/mol. The van der Waals surface area contributed by atoms with E-state index in [1.807, 2.05) is 0 Å². The molecule has 2 aromatic carbocycles. The minimum absolute atomic E-state index is 0.0234. The van der Waals surface area contributed by atoms with E-state index in [1.165, 1.54) is 50.6 Å². The van der Waals surface area contributed by atoms with E-state index in [4.69, 9.17) is 4.84 Å². The van der Waals surface area contributed by atoms with Gasteiger partial charge in [0.1, 0.15) is 5.75 Å². The van der Waals surface area contributed by atoms with Crippen LogP contribution in [0.2, 0.25) is 0 Å². The number of amides is 1. The Balaban J connectivity index is 2.02. The van der Waals surface area contributed by atoms with E-state index in [1.54, 1.807) is 6.07 Å². The highest BCUT2D eigenvalue weighted by atomic mass is 19.3. The number of nitrogens with zero attached hydrogens (tertiary/aromatic N) is 1. The van der Waals surface area contributed by atoms with Crippen LogP contribution in [-0.4, -0.2) is 51.5 Å². The van der Waals surface area contributed by atoms with Crippen molar-refractivity contribution < 1.29 is 42.2 Å². The second-order valence-corrected chi connectivity index (χ2v) is 5.75. The van der Waals surface area contributed by atoms with Crippen molar-refractivity contribution in [3.05, 3.63) is 59.2 Å². The average molecular weight is 436 g/mol. The second-order valence-electron chi connectivity index (χ2n) is 5.75. The fraction of sp³-hybridized carbons (Fsp3) is 0.200. The summed E-state index contributed by atoms with van der Waals surface area (Å²) in [7, 11) is 2.34. The van der Waals surface area contributed by atoms with Crippen molar-refractivity contribution in [3.8, 4) is 5.75 Å². The molecule has 164 valence electrons. The first-order chi connectivity index (χ1) is 14.8. The Morgan fingerprint density at radius 3 is 2.23 bits per heavy atom. The number of halogens is 2. The summed E-state index contributed by atoms with van der Waals surface area (Å²) in [5.41, 5.74) is 0.388. The molecule has 0 saturated carbocycles. The molecule has 31 heavy (non-hydrogen) atoms. The SMILES string of the molecule is COC(=O)c1cc(NC(=O)CO/N=C/c2ccccc2OC(F)F)cc(C(=O)OC)c1. The lowest BCUT2D eigenvalue weighted by molar-refractivity contribution is -0.120. The van der Waals surface area contributed by atoms with Crippen LogP contribution in [0.4, 0.5) is 14.5 Å². The van der Waals surface area contributed by atoms with Gasteiger partial charge in [-0.15, -0.1) is 0 Å². The maximum Gasteiger partial charge on any atom is 0.387 e. The normalized spacial score (nSPS) is 10.6. The molecule has 0 heterocycles. The number of ether oxygens (including phenoxy) is 3. The molecule has 2 rings (SSSR count). The predicted molar refractivity (Wildman–Crippen MR) is 104 cm³/mol. The van der Waals surface area contributed by atoms with Gasteiger partial charge in [-0.05, 0) is 30.3 Å². The van der Waals surface area contributed by atoms with E-state index in [9.17, 15) is 23.2 Å². The fourth-order valence-electron chi connectivity index (χ4n) is 2.35. The van der Waals surface area contributed by atoms with Gasteiger partial charge in [0.15, 0.2) is 6.61 Å². The topological polar surface area (TPSA) is 113 Å². The lowest BCUT2D eigenvalue weighted by Gasteiger charge is -2.09. The number of carbonyl (C=O) groups excluding carboxylic acids is 3. The zero-order chi connectivity index (χ0) is 22.8. The number of hydrogen-bond donors (Lipinski definition) is 1. The first-order valence-electron chi connectivity index (χ1n) is 8.64. The number of oxime groups is 1. The molecule has 0 unspecified atom stereocenters. The fourth-order valence-corrected chi connectivity index (χ4v) is 2.35. The van der Waals surface area contributed by atoms with Gasteiger partial charge in [0.25, 0.3) is 5.91 Å². The van der Waals surface area contributed by atoms with Crippen molar-refractivity contribution in [2.45, 2.75) is 6.61 Å². The third-order valence-electron chi connectivity index (χ3n) is 3.66. The number of rotatable bonds is 9. The number of carbonyl (C=O) groups is 3. The summed E-state index contributed by atoms with van der Waals surface area (Å²) in [5, 5.41) is 5.99. The van der Waals surface area contributed by atoms with Gasteiger partial charge in [-0.25, -0.2) is 9.59 Å². The molecule has 0 saturated heterocycles. The van der Waals surface area contributed by atoms with Gasteiger partial charge < -0.3 is 24.4 Å². The van der Waals surface area contributed by atoms with Crippen LogP contribution in [0.15, 0.2) is 47.6 Å². The van der Waals surface area contributed by atoms with E-state index in [2.05, 4.69) is 24.7 Å². The molecule has 2 aromatic rings. The summed E-state index contributed by atoms with van der Waals surface area (Å²) in [6.07, 6.45) is 1.11. The first-order valence-corrected chi connectivity index (χ1v) is 8.64. The molecule has 0 atom stereocenters. The van der Waals surface area contributed by atoms with Crippen molar-refractivity contribution >= 4 is 29.7 Å². The smallest absolute Gasteiger partial charge is 0.387 e. The molecule has 9 nitrogen and oxygen atoms in total. The highest BCUT2D eigenvalue weighted by Crippen LogP contribution is 2.19. The van der Waals surface area contributed by atoms with Crippen LogP contribution in [0.5, 0.6) is 5.75 Å². The van der Waals surface area contributed by atoms with Crippen LogP contribution >= 0.6 is 0 Å². The highest BCUT2D eigenvalue weighted by Gasteiger charge is 2.15. The zero-order valence-corrected chi connectivity index (χ0v) is 16.5. The Morgan fingerprint density at radius 1 is 1.03 bits per heavy atom. The number of hydrogen-bond acceptors (Lipinski definition) is 8. The number of nitrogens with one attached hydrogen (secondary N) is 1. The zero-order valence-electron chi connectivity index (χ0n) is 16.5. The predicted octanol–water partition coefficient (Wildman–Crippen LogP) is 2.85. The van der Waals surface area contributed by atoms with E-state index >= 15 is 0 Å². The maximum atomic E-state index is 12.4. The van der Waals surface area contributed by atoms with Gasteiger partial charge in [0.05, 0.1) is 31.6 Å². The summed E-state index contributed by atoms with van der Waals surface area (Å²) in [5.74, 6) is -2.20. The van der Waals surface area contributed by atoms with Crippen molar-refractivity contribution in [3.63, 3.8) is 0 Å². The van der Waals surface area contributed by atoms with Crippen LogP contribution in [0.3, 0.4) is 0 Å². The minimum atomic E-state index is -3.00. The third kappa shape index (κ3) is 7.07. The van der Waals surface area contributed by atoms with Gasteiger partial charge in [0, 0.05) is 11.3 Å². The molecule has 11 heteroatoms. The number of para-hydroxylation sites is 1. The molecule has 0 radical (unpaired) electrons. The summed E-state index contributed by atoms with van der Waals surface area (Å²) < 4.78 is 38.4. The Hall–Kier alpha value is -4.02. The summed E-state index contributed by atoms with van der Waals surface area (Å²) in [6.45, 7) is -3.54. The molecule has 0 fully saturated rings. The molecule has 0 aliphatic heterocycles. The molecule has 0 bridgehead atoms. The molecule has 1 N–H and O–H groups in total. The van der Waals surface area contributed by atoms with Gasteiger partial charge in [-0.3, -0.25) is 4.79 Å². The number of methoxy groups -OCH3 is 2. The van der Waals surface area contributed by atoms with Crippen molar-refractivity contribution in [1.82, 2.24) is 0 Å². The Labute approximate surface area is 175 Å². The number of anilines is 1. The number of esters is 2. The standard InChI is InChI=1S/C20H18F2N2O7/c1-28-18(26)13-7-14(19(27)29-2)9-15(8-13)24-17(25)11-30-23-10-12-5-3-4-6-16(12)31-20(21)22/h3-10,20H,11H2,1-2H3,(H,24,25)/b23-10+. The van der Waals surface area contributed by atoms with Crippen molar-refractivity contribution in [1.29, 1.82) is 0 Å². The molecule has 0 spiro atoms. The van der Waals surface area contributed by atoms with Gasteiger partial charge in [0.2, 0.25) is 0 Å². The summed E-state index contributed by atoms with van der Waals surface area (Å²) in [4.78, 5) is 40.5. The lowest BCUT2D eigenvalue weighted by Crippen LogP contribution is -2.18. The first kappa shape index (κ1) is 23.3. The Kier molecular flexibility index (Phi) is 8.43. The molecular formula is C20H18F2N2O7. The van der Waals surface area contributed by atoms with Crippen LogP contribution in [0, 0.1) is 0 Å². The quantitative estimate of drug-likeness (QED) is 0.365. The van der Waals surface area contributed by atoms with Crippen molar-refractivity contribution in [2.24, 2.45) is 5.16 Å². The van der Waals surface area contributed by atoms with Crippen LogP contribution in [0.1, 0.15) is 26.3 Å². The molecule has 0 aliphatic carbocycles. The van der Waals surface area contributed by atoms with Gasteiger partial charge >= 0.3 is 18.6 Å². The van der Waals surface area contributed by atoms with E-state index in [-0.39, 0.29) is 28.1 Å². The Bertz CT molecular complexity index is 946.